The lowest BCUT2D eigenvalue weighted by molar-refractivity contribution is -0.122. The summed E-state index contributed by atoms with van der Waals surface area (Å²) in [6.45, 7) is 4.23. The van der Waals surface area contributed by atoms with Crippen molar-refractivity contribution in [1.29, 1.82) is 0 Å². The highest BCUT2D eigenvalue weighted by atomic mass is 32.1. The summed E-state index contributed by atoms with van der Waals surface area (Å²) in [6, 6.07) is 0. The van der Waals surface area contributed by atoms with Crippen LogP contribution < -0.4 is 10.6 Å². The molecule has 0 spiro atoms. The summed E-state index contributed by atoms with van der Waals surface area (Å²) < 4.78 is 0. The fraction of sp³-hybridized carbons (Fsp3) is 0.562. The van der Waals surface area contributed by atoms with Crippen molar-refractivity contribution in [2.24, 2.45) is 5.92 Å². The molecule has 0 saturated heterocycles. The molecule has 126 valence electrons. The third kappa shape index (κ3) is 4.54. The zero-order chi connectivity index (χ0) is 17.0. The van der Waals surface area contributed by atoms with Crippen molar-refractivity contribution >= 4 is 34.1 Å². The summed E-state index contributed by atoms with van der Waals surface area (Å²) in [6.07, 6.45) is 3.33. The Labute approximate surface area is 139 Å². The number of carbonyl (C=O) groups excluding carboxylic acids is 2. The van der Waals surface area contributed by atoms with Crippen molar-refractivity contribution in [3.05, 3.63) is 16.0 Å². The largest absolute Gasteiger partial charge is 0.478 e. The van der Waals surface area contributed by atoms with E-state index in [1.54, 1.807) is 0 Å². The molecule has 1 aromatic heterocycles. The maximum absolute atomic E-state index is 12.0. The summed E-state index contributed by atoms with van der Waals surface area (Å²) in [7, 11) is 0. The van der Waals surface area contributed by atoms with Crippen LogP contribution in [0.25, 0.3) is 0 Å². The zero-order valence-electron chi connectivity index (χ0n) is 13.4. The number of carboxylic acids is 1. The monoisotopic (exact) mass is 338 g/mol. The summed E-state index contributed by atoms with van der Waals surface area (Å²) in [4.78, 5) is 35.8. The first kappa shape index (κ1) is 17.5. The lowest BCUT2D eigenvalue weighted by atomic mass is 10.1. The molecule has 6 nitrogen and oxygen atoms in total. The lowest BCUT2D eigenvalue weighted by Crippen LogP contribution is -2.26. The Morgan fingerprint density at radius 3 is 2.57 bits per heavy atom. The average molecular weight is 338 g/mol. The van der Waals surface area contributed by atoms with Crippen LogP contribution in [0.3, 0.4) is 0 Å². The van der Waals surface area contributed by atoms with E-state index >= 15 is 0 Å². The molecule has 0 aromatic carbocycles. The van der Waals surface area contributed by atoms with Crippen LogP contribution in [0.1, 0.15) is 53.4 Å². The minimum Gasteiger partial charge on any atom is -0.478 e. The van der Waals surface area contributed by atoms with Gasteiger partial charge >= 0.3 is 5.97 Å². The molecule has 0 bridgehead atoms. The van der Waals surface area contributed by atoms with Gasteiger partial charge < -0.3 is 15.7 Å². The third-order valence-electron chi connectivity index (χ3n) is 3.86. The summed E-state index contributed by atoms with van der Waals surface area (Å²) >= 11 is 1.30. The van der Waals surface area contributed by atoms with E-state index in [1.807, 2.05) is 13.8 Å². The van der Waals surface area contributed by atoms with Crippen molar-refractivity contribution in [3.8, 4) is 0 Å². The number of carbonyl (C=O) groups is 3. The Morgan fingerprint density at radius 1 is 1.30 bits per heavy atom. The van der Waals surface area contributed by atoms with E-state index < -0.39 is 5.97 Å². The second kappa shape index (κ2) is 7.59. The van der Waals surface area contributed by atoms with Gasteiger partial charge in [-0.3, -0.25) is 9.59 Å². The normalized spacial score (nSPS) is 13.7. The molecule has 0 radical (unpaired) electrons. The molecule has 0 unspecified atom stereocenters. The van der Waals surface area contributed by atoms with Gasteiger partial charge in [-0.15, -0.1) is 11.3 Å². The van der Waals surface area contributed by atoms with E-state index in [2.05, 4.69) is 10.6 Å². The predicted molar refractivity (Wildman–Crippen MR) is 89.0 cm³/mol. The van der Waals surface area contributed by atoms with E-state index in [-0.39, 0.29) is 29.7 Å². The van der Waals surface area contributed by atoms with Crippen molar-refractivity contribution in [3.63, 3.8) is 0 Å². The fourth-order valence-corrected chi connectivity index (χ4v) is 3.61. The Morgan fingerprint density at radius 2 is 2.00 bits per heavy atom. The maximum atomic E-state index is 12.0. The van der Waals surface area contributed by atoms with Crippen LogP contribution in [0.2, 0.25) is 0 Å². The molecule has 3 N–H and O–H groups in total. The predicted octanol–water partition coefficient (Wildman–Crippen LogP) is 2.56. The smallest absolute Gasteiger partial charge is 0.339 e. The highest BCUT2D eigenvalue weighted by Crippen LogP contribution is 2.33. The first-order valence-corrected chi connectivity index (χ1v) is 8.68. The maximum Gasteiger partial charge on any atom is 0.339 e. The molecule has 1 saturated carbocycles. The van der Waals surface area contributed by atoms with Gasteiger partial charge in [0.25, 0.3) is 0 Å². The Kier molecular flexibility index (Phi) is 5.76. The van der Waals surface area contributed by atoms with Gasteiger partial charge in [0.1, 0.15) is 5.00 Å². The van der Waals surface area contributed by atoms with E-state index in [1.165, 1.54) is 11.3 Å². The lowest BCUT2D eigenvalue weighted by Gasteiger charge is -2.06. The molecule has 1 heterocycles. The second-order valence-corrected chi connectivity index (χ2v) is 6.94. The van der Waals surface area contributed by atoms with Crippen LogP contribution in [0.15, 0.2) is 0 Å². The van der Waals surface area contributed by atoms with Gasteiger partial charge in [-0.2, -0.15) is 0 Å². The quantitative estimate of drug-likeness (QED) is 0.635. The summed E-state index contributed by atoms with van der Waals surface area (Å²) in [5, 5.41) is 15.2. The van der Waals surface area contributed by atoms with Gasteiger partial charge in [-0.05, 0) is 38.2 Å². The van der Waals surface area contributed by atoms with Crippen LogP contribution in [0.5, 0.6) is 0 Å². The van der Waals surface area contributed by atoms with E-state index in [9.17, 15) is 19.5 Å². The highest BCUT2D eigenvalue weighted by Gasteiger charge is 2.29. The Hall–Kier alpha value is -1.89. The highest BCUT2D eigenvalue weighted by molar-refractivity contribution is 7.16. The first-order chi connectivity index (χ1) is 10.9. The van der Waals surface area contributed by atoms with E-state index in [4.69, 9.17) is 0 Å². The van der Waals surface area contributed by atoms with Crippen molar-refractivity contribution in [2.45, 2.75) is 46.0 Å². The van der Waals surface area contributed by atoms with E-state index in [0.29, 0.717) is 24.4 Å². The number of aromatic carboxylic acids is 1. The molecule has 0 aliphatic heterocycles. The van der Waals surface area contributed by atoms with Gasteiger partial charge in [0, 0.05) is 23.8 Å². The van der Waals surface area contributed by atoms with E-state index in [0.717, 1.165) is 23.3 Å². The van der Waals surface area contributed by atoms with Crippen LogP contribution in [0, 0.1) is 12.8 Å². The van der Waals surface area contributed by atoms with Crippen molar-refractivity contribution in [1.82, 2.24) is 5.32 Å². The molecular weight excluding hydrogens is 316 g/mol. The van der Waals surface area contributed by atoms with Crippen LogP contribution in [-0.2, 0) is 16.0 Å². The number of anilines is 1. The Bertz CT molecular complexity index is 620. The summed E-state index contributed by atoms with van der Waals surface area (Å²) in [5.74, 6) is -1.00. The van der Waals surface area contributed by atoms with Crippen LogP contribution >= 0.6 is 11.3 Å². The third-order valence-corrected chi connectivity index (χ3v) is 4.92. The number of carboxylic acid groups (broad SMARTS) is 1. The first-order valence-electron chi connectivity index (χ1n) is 7.87. The van der Waals surface area contributed by atoms with Crippen LogP contribution in [-0.4, -0.2) is 29.4 Å². The molecule has 2 amide bonds. The number of thiophene rings is 1. The van der Waals surface area contributed by atoms with Gasteiger partial charge in [0.05, 0.1) is 5.56 Å². The fourth-order valence-electron chi connectivity index (χ4n) is 2.46. The molecule has 1 aliphatic carbocycles. The minimum absolute atomic E-state index is 0.0695. The molecule has 23 heavy (non-hydrogen) atoms. The Balaban J connectivity index is 1.84. The molecule has 0 atom stereocenters. The van der Waals surface area contributed by atoms with Gasteiger partial charge in [0.15, 0.2) is 0 Å². The minimum atomic E-state index is -1.02. The number of rotatable bonds is 8. The van der Waals surface area contributed by atoms with Gasteiger partial charge in [0.2, 0.25) is 11.8 Å². The number of hydrogen-bond acceptors (Lipinski definition) is 4. The number of amides is 2. The van der Waals surface area contributed by atoms with Gasteiger partial charge in [-0.1, -0.05) is 6.92 Å². The van der Waals surface area contributed by atoms with Gasteiger partial charge in [-0.25, -0.2) is 4.79 Å². The topological polar surface area (TPSA) is 95.5 Å². The molecule has 1 aromatic rings. The second-order valence-electron chi connectivity index (χ2n) is 5.72. The number of nitrogens with one attached hydrogen (secondary N) is 2. The molecular formula is C16H22N2O4S. The standard InChI is InChI=1S/C16H22N2O4S/c1-3-11-9(2)23-15(13(11)16(21)22)18-12(19)5-4-8-17-14(20)10-6-7-10/h10H,3-8H2,1-2H3,(H,17,20)(H,18,19)(H,21,22). The van der Waals surface area contributed by atoms with Crippen molar-refractivity contribution in [2.75, 3.05) is 11.9 Å². The SMILES string of the molecule is CCc1c(C)sc(NC(=O)CCCNC(=O)C2CC2)c1C(=O)O. The number of hydrogen-bond donors (Lipinski definition) is 3. The number of aryl methyl sites for hydroxylation is 1. The molecule has 2 rings (SSSR count). The molecule has 7 heteroatoms. The zero-order valence-corrected chi connectivity index (χ0v) is 14.2. The summed E-state index contributed by atoms with van der Waals surface area (Å²) in [5.41, 5.74) is 0.972. The van der Waals surface area contributed by atoms with Crippen molar-refractivity contribution < 1.29 is 19.5 Å². The molecule has 1 aliphatic rings. The average Bonchev–Trinajstić information content (AvgIpc) is 3.28. The molecule has 1 fully saturated rings. The van der Waals surface area contributed by atoms with Crippen LogP contribution in [0.4, 0.5) is 5.00 Å².